The fourth-order valence-electron chi connectivity index (χ4n) is 4.36. The lowest BCUT2D eigenvalue weighted by Crippen LogP contribution is -2.64. The molecule has 1 aliphatic carbocycles. The van der Waals surface area contributed by atoms with Crippen molar-refractivity contribution in [1.82, 2.24) is 4.90 Å². The van der Waals surface area contributed by atoms with Crippen LogP contribution in [-0.2, 0) is 9.47 Å². The van der Waals surface area contributed by atoms with Crippen molar-refractivity contribution in [3.63, 3.8) is 0 Å². The Morgan fingerprint density at radius 2 is 2.05 bits per heavy atom. The number of amides is 1. The molecular weight excluding hydrogens is 266 g/mol. The van der Waals surface area contributed by atoms with E-state index in [-0.39, 0.29) is 11.6 Å². The monoisotopic (exact) mass is 297 g/mol. The Morgan fingerprint density at radius 3 is 2.62 bits per heavy atom. The first kappa shape index (κ1) is 16.6. The summed E-state index contributed by atoms with van der Waals surface area (Å²) in [6, 6.07) is 0. The van der Waals surface area contributed by atoms with Crippen LogP contribution in [0.3, 0.4) is 0 Å². The molecule has 0 spiro atoms. The van der Waals surface area contributed by atoms with Gasteiger partial charge in [0.1, 0.15) is 0 Å². The second-order valence-electron chi connectivity index (χ2n) is 6.61. The van der Waals surface area contributed by atoms with E-state index >= 15 is 0 Å². The number of piperidine rings is 1. The normalized spacial score (nSPS) is 30.0. The molecule has 2 rings (SSSR count). The molecule has 1 saturated carbocycles. The lowest BCUT2D eigenvalue weighted by molar-refractivity contribution is -0.0692. The van der Waals surface area contributed by atoms with Crippen molar-refractivity contribution < 1.29 is 14.3 Å². The van der Waals surface area contributed by atoms with E-state index in [2.05, 4.69) is 11.8 Å². The lowest BCUT2D eigenvalue weighted by atomic mass is 9.60. The van der Waals surface area contributed by atoms with Crippen LogP contribution in [0.4, 0.5) is 4.79 Å². The van der Waals surface area contributed by atoms with Crippen LogP contribution in [0.25, 0.3) is 0 Å². The summed E-state index contributed by atoms with van der Waals surface area (Å²) in [5.74, 6) is 1.20. The van der Waals surface area contributed by atoms with E-state index in [1.54, 1.807) is 7.11 Å². The molecule has 2 atom stereocenters. The van der Waals surface area contributed by atoms with Crippen molar-refractivity contribution >= 4 is 6.09 Å². The number of carbonyl (C=O) groups is 1. The third kappa shape index (κ3) is 3.20. The van der Waals surface area contributed by atoms with Gasteiger partial charge in [-0.05, 0) is 57.3 Å². The van der Waals surface area contributed by atoms with Gasteiger partial charge in [0.2, 0.25) is 0 Å². The molecule has 2 fully saturated rings. The van der Waals surface area contributed by atoms with Crippen LogP contribution in [-0.4, -0.2) is 43.4 Å². The highest BCUT2D eigenvalue weighted by molar-refractivity contribution is 5.69. The van der Waals surface area contributed by atoms with Gasteiger partial charge in [-0.25, -0.2) is 4.79 Å². The van der Waals surface area contributed by atoms with E-state index in [9.17, 15) is 4.79 Å². The Balaban J connectivity index is 2.22. The Labute approximate surface area is 129 Å². The molecule has 4 heteroatoms. The summed E-state index contributed by atoms with van der Waals surface area (Å²) < 4.78 is 10.6. The first-order chi connectivity index (χ1) is 10.2. The molecule has 1 saturated heterocycles. The van der Waals surface area contributed by atoms with Crippen LogP contribution < -0.4 is 0 Å². The zero-order valence-electron chi connectivity index (χ0n) is 13.9. The molecule has 0 radical (unpaired) electrons. The Hall–Kier alpha value is -0.770. The largest absolute Gasteiger partial charge is 0.450 e. The quantitative estimate of drug-likeness (QED) is 0.699. The summed E-state index contributed by atoms with van der Waals surface area (Å²) in [4.78, 5) is 14.6. The second-order valence-corrected chi connectivity index (χ2v) is 6.61. The fraction of sp³-hybridized carbons (Fsp3) is 0.941. The van der Waals surface area contributed by atoms with Crippen LogP contribution in [0.2, 0.25) is 0 Å². The highest BCUT2D eigenvalue weighted by atomic mass is 16.6. The minimum atomic E-state index is -0.103. The maximum Gasteiger partial charge on any atom is 0.410 e. The first-order valence-corrected chi connectivity index (χ1v) is 8.60. The van der Waals surface area contributed by atoms with Gasteiger partial charge in [-0.15, -0.1) is 0 Å². The van der Waals surface area contributed by atoms with Crippen molar-refractivity contribution in [2.24, 2.45) is 11.8 Å². The number of rotatable bonds is 6. The molecule has 122 valence electrons. The molecule has 0 bridgehead atoms. The van der Waals surface area contributed by atoms with Crippen molar-refractivity contribution in [3.8, 4) is 0 Å². The van der Waals surface area contributed by atoms with Crippen molar-refractivity contribution in [2.45, 2.75) is 64.3 Å². The number of carbonyl (C=O) groups excluding carboxylic acids is 1. The van der Waals surface area contributed by atoms with E-state index in [0.29, 0.717) is 18.4 Å². The summed E-state index contributed by atoms with van der Waals surface area (Å²) in [6.45, 7) is 6.31. The number of likely N-dealkylation sites (tertiary alicyclic amines) is 1. The van der Waals surface area contributed by atoms with E-state index in [1.807, 2.05) is 6.92 Å². The van der Waals surface area contributed by atoms with Crippen molar-refractivity contribution in [3.05, 3.63) is 0 Å². The van der Waals surface area contributed by atoms with E-state index in [1.165, 1.54) is 25.7 Å². The fourth-order valence-corrected chi connectivity index (χ4v) is 4.36. The highest BCUT2D eigenvalue weighted by Gasteiger charge is 2.52. The Morgan fingerprint density at radius 1 is 1.29 bits per heavy atom. The molecule has 1 aliphatic heterocycles. The summed E-state index contributed by atoms with van der Waals surface area (Å²) in [5, 5.41) is 0. The Kier molecular flexibility index (Phi) is 5.91. The maximum absolute atomic E-state index is 12.5. The Bertz CT molecular complexity index is 339. The van der Waals surface area contributed by atoms with Gasteiger partial charge < -0.3 is 14.4 Å². The van der Waals surface area contributed by atoms with Gasteiger partial charge in [0, 0.05) is 20.3 Å². The number of hydrogen-bond acceptors (Lipinski definition) is 3. The predicted octanol–water partition coefficient (Wildman–Crippen LogP) is 3.84. The smallest absolute Gasteiger partial charge is 0.410 e. The number of nitrogens with zero attached hydrogens (tertiary/aromatic N) is 1. The SMILES string of the molecule is CCOC(=O)N1CCCC(C)C1(CCCOC)C1CCC1. The second kappa shape index (κ2) is 7.48. The topological polar surface area (TPSA) is 38.8 Å². The molecule has 4 nitrogen and oxygen atoms in total. The molecular formula is C17H31NO3. The predicted molar refractivity (Wildman–Crippen MR) is 83.3 cm³/mol. The van der Waals surface area contributed by atoms with Gasteiger partial charge >= 0.3 is 6.09 Å². The van der Waals surface area contributed by atoms with E-state index < -0.39 is 0 Å². The van der Waals surface area contributed by atoms with Crippen LogP contribution >= 0.6 is 0 Å². The van der Waals surface area contributed by atoms with Crippen LogP contribution in [0.5, 0.6) is 0 Å². The van der Waals surface area contributed by atoms with Gasteiger partial charge in [-0.2, -0.15) is 0 Å². The van der Waals surface area contributed by atoms with Gasteiger partial charge in [0.25, 0.3) is 0 Å². The molecule has 21 heavy (non-hydrogen) atoms. The number of methoxy groups -OCH3 is 1. The third-order valence-corrected chi connectivity index (χ3v) is 5.60. The van der Waals surface area contributed by atoms with Crippen molar-refractivity contribution in [1.29, 1.82) is 0 Å². The zero-order valence-corrected chi connectivity index (χ0v) is 13.9. The average molecular weight is 297 g/mol. The summed E-state index contributed by atoms with van der Waals surface area (Å²) in [6.07, 6.45) is 8.10. The minimum absolute atomic E-state index is 0.00127. The first-order valence-electron chi connectivity index (χ1n) is 8.60. The summed E-state index contributed by atoms with van der Waals surface area (Å²) in [5.41, 5.74) is 0.00127. The molecule has 2 aliphatic rings. The van der Waals surface area contributed by atoms with Crippen LogP contribution in [0.1, 0.15) is 58.8 Å². The molecule has 1 amide bonds. The molecule has 0 N–H and O–H groups in total. The number of ether oxygens (including phenoxy) is 2. The maximum atomic E-state index is 12.5. The molecule has 1 heterocycles. The molecule has 0 aromatic carbocycles. The highest BCUT2D eigenvalue weighted by Crippen LogP contribution is 2.50. The summed E-state index contributed by atoms with van der Waals surface area (Å²) in [7, 11) is 1.75. The number of hydrogen-bond donors (Lipinski definition) is 0. The molecule has 0 aromatic heterocycles. The van der Waals surface area contributed by atoms with Gasteiger partial charge in [-0.3, -0.25) is 0 Å². The standard InChI is InChI=1S/C17H31NO3/c1-4-21-16(19)18-12-6-8-14(2)17(18,11-7-13-20-3)15-9-5-10-15/h14-15H,4-13H2,1-3H3. The third-order valence-electron chi connectivity index (χ3n) is 5.60. The zero-order chi connectivity index (χ0) is 15.3. The average Bonchev–Trinajstić information content (AvgIpc) is 2.40. The minimum Gasteiger partial charge on any atom is -0.450 e. The van der Waals surface area contributed by atoms with Crippen LogP contribution in [0.15, 0.2) is 0 Å². The van der Waals surface area contributed by atoms with Gasteiger partial charge in [0.05, 0.1) is 12.1 Å². The lowest BCUT2D eigenvalue weighted by Gasteiger charge is -2.57. The van der Waals surface area contributed by atoms with Gasteiger partial charge in [-0.1, -0.05) is 13.3 Å². The molecule has 2 unspecified atom stereocenters. The van der Waals surface area contributed by atoms with Gasteiger partial charge in [0.15, 0.2) is 0 Å². The van der Waals surface area contributed by atoms with Crippen molar-refractivity contribution in [2.75, 3.05) is 26.9 Å². The summed E-state index contributed by atoms with van der Waals surface area (Å²) >= 11 is 0. The van der Waals surface area contributed by atoms with E-state index in [0.717, 1.165) is 32.4 Å². The van der Waals surface area contributed by atoms with Crippen LogP contribution in [0, 0.1) is 11.8 Å². The van der Waals surface area contributed by atoms with E-state index in [4.69, 9.17) is 9.47 Å². The molecule has 0 aromatic rings.